The molecule has 0 rings (SSSR count). The molecule has 0 saturated carbocycles. The Kier molecular flexibility index (Phi) is 9.58. The Morgan fingerprint density at radius 2 is 1.71 bits per heavy atom. The molecule has 0 aliphatic heterocycles. The van der Waals surface area contributed by atoms with Crippen LogP contribution in [-0.4, -0.2) is 10.4 Å². The summed E-state index contributed by atoms with van der Waals surface area (Å²) in [5.41, 5.74) is 0. The van der Waals surface area contributed by atoms with Crippen LogP contribution in [-0.2, 0) is 4.79 Å². The van der Waals surface area contributed by atoms with Gasteiger partial charge in [0.1, 0.15) is 0 Å². The molecule has 0 bridgehead atoms. The van der Waals surface area contributed by atoms with Gasteiger partial charge in [-0.3, -0.25) is 4.79 Å². The second-order valence-corrected chi connectivity index (χ2v) is 5.59. The molecule has 0 N–H and O–H groups in total. The van der Waals surface area contributed by atoms with E-state index in [9.17, 15) is 4.79 Å². The molecule has 1 nitrogen and oxygen atoms in total. The molecule has 0 fully saturated rings. The highest BCUT2D eigenvalue weighted by Crippen LogP contribution is 2.18. The third kappa shape index (κ3) is 10.1. The van der Waals surface area contributed by atoms with Gasteiger partial charge in [-0.05, 0) is 6.42 Å². The largest absolute Gasteiger partial charge is 0.288 e. The minimum atomic E-state index is 0.253. The lowest BCUT2D eigenvalue weighted by molar-refractivity contribution is -0.109. The van der Waals surface area contributed by atoms with Gasteiger partial charge in [0.2, 0.25) is 0 Å². The monoisotopic (exact) mass is 216 g/mol. The van der Waals surface area contributed by atoms with Crippen LogP contribution in [0.1, 0.15) is 65.7 Å². The lowest BCUT2D eigenvalue weighted by Crippen LogP contribution is -1.99. The van der Waals surface area contributed by atoms with Crippen molar-refractivity contribution < 1.29 is 4.79 Å². The van der Waals surface area contributed by atoms with E-state index < -0.39 is 0 Å². The highest BCUT2D eigenvalue weighted by Gasteiger charge is 2.04. The second-order valence-electron chi connectivity index (χ2n) is 3.98. The van der Waals surface area contributed by atoms with Crippen LogP contribution in [0.25, 0.3) is 0 Å². The Hall–Kier alpha value is 0.0200. The van der Waals surface area contributed by atoms with Crippen LogP contribution in [0.3, 0.4) is 0 Å². The van der Waals surface area contributed by atoms with E-state index in [1.54, 1.807) is 6.92 Å². The maximum atomic E-state index is 10.8. The topological polar surface area (TPSA) is 17.1 Å². The molecule has 2 heteroatoms. The first kappa shape index (κ1) is 14.0. The molecule has 0 spiro atoms. The Labute approximate surface area is 93.0 Å². The van der Waals surface area contributed by atoms with E-state index >= 15 is 0 Å². The maximum Gasteiger partial charge on any atom is 0.186 e. The molecular weight excluding hydrogens is 192 g/mol. The predicted molar refractivity (Wildman–Crippen MR) is 65.7 cm³/mol. The van der Waals surface area contributed by atoms with Gasteiger partial charge in [0.05, 0.1) is 0 Å². The zero-order valence-electron chi connectivity index (χ0n) is 9.84. The molecule has 1 unspecified atom stereocenters. The maximum absolute atomic E-state index is 10.8. The number of hydrogen-bond acceptors (Lipinski definition) is 2. The number of hydrogen-bond donors (Lipinski definition) is 0. The van der Waals surface area contributed by atoms with Crippen LogP contribution in [0.5, 0.6) is 0 Å². The van der Waals surface area contributed by atoms with E-state index in [4.69, 9.17) is 0 Å². The van der Waals surface area contributed by atoms with Gasteiger partial charge in [0.15, 0.2) is 5.12 Å². The minimum Gasteiger partial charge on any atom is -0.288 e. The van der Waals surface area contributed by atoms with Crippen LogP contribution < -0.4 is 0 Å². The summed E-state index contributed by atoms with van der Waals surface area (Å²) in [7, 11) is 0. The molecule has 0 aliphatic rings. The summed E-state index contributed by atoms with van der Waals surface area (Å²) in [5.74, 6) is 0. The van der Waals surface area contributed by atoms with E-state index in [-0.39, 0.29) is 5.12 Å². The average molecular weight is 216 g/mol. The third-order valence-corrected chi connectivity index (χ3v) is 3.30. The Bertz CT molecular complexity index is 145. The molecule has 0 saturated heterocycles. The summed E-state index contributed by atoms with van der Waals surface area (Å²) in [6.45, 7) is 6.05. The fourth-order valence-corrected chi connectivity index (χ4v) is 2.41. The van der Waals surface area contributed by atoms with Gasteiger partial charge in [-0.25, -0.2) is 0 Å². The van der Waals surface area contributed by atoms with Crippen molar-refractivity contribution in [1.82, 2.24) is 0 Å². The number of carbonyl (C=O) groups excluding carboxylic acids is 1. The first-order valence-corrected chi connectivity index (χ1v) is 6.72. The van der Waals surface area contributed by atoms with Crippen molar-refractivity contribution in [3.05, 3.63) is 0 Å². The van der Waals surface area contributed by atoms with Crippen molar-refractivity contribution in [1.29, 1.82) is 0 Å². The molecule has 1 atom stereocenters. The highest BCUT2D eigenvalue weighted by molar-refractivity contribution is 8.14. The third-order valence-electron chi connectivity index (χ3n) is 2.33. The Morgan fingerprint density at radius 3 is 2.29 bits per heavy atom. The minimum absolute atomic E-state index is 0.253. The number of carbonyl (C=O) groups is 1. The molecule has 14 heavy (non-hydrogen) atoms. The van der Waals surface area contributed by atoms with Crippen molar-refractivity contribution in [2.45, 2.75) is 71.0 Å². The zero-order chi connectivity index (χ0) is 10.8. The van der Waals surface area contributed by atoms with E-state index in [0.29, 0.717) is 5.25 Å². The molecule has 0 aliphatic carbocycles. The second kappa shape index (κ2) is 9.57. The van der Waals surface area contributed by atoms with E-state index in [1.165, 1.54) is 56.7 Å². The fourth-order valence-electron chi connectivity index (χ4n) is 1.55. The van der Waals surface area contributed by atoms with Crippen LogP contribution >= 0.6 is 11.8 Å². The highest BCUT2D eigenvalue weighted by atomic mass is 32.2. The number of unbranched alkanes of at least 4 members (excludes halogenated alkanes) is 5. The predicted octanol–water partition coefficient (Wildman–Crippen LogP) is 4.41. The number of thioether (sulfide) groups is 1. The van der Waals surface area contributed by atoms with E-state index in [1.807, 2.05) is 0 Å². The van der Waals surface area contributed by atoms with Crippen LogP contribution in [0.15, 0.2) is 0 Å². The normalized spacial score (nSPS) is 12.8. The molecule has 0 heterocycles. The fraction of sp³-hybridized carbons (Fsp3) is 0.917. The summed E-state index contributed by atoms with van der Waals surface area (Å²) in [4.78, 5) is 10.8. The average Bonchev–Trinajstić information content (AvgIpc) is 2.10. The summed E-state index contributed by atoms with van der Waals surface area (Å²) in [5, 5.41) is 0.766. The summed E-state index contributed by atoms with van der Waals surface area (Å²) >= 11 is 1.48. The molecule has 0 aromatic carbocycles. The molecule has 0 amide bonds. The zero-order valence-corrected chi connectivity index (χ0v) is 10.7. The molecule has 0 aromatic heterocycles. The quantitative estimate of drug-likeness (QED) is 0.559. The van der Waals surface area contributed by atoms with Gasteiger partial charge >= 0.3 is 0 Å². The van der Waals surface area contributed by atoms with Crippen LogP contribution in [0.2, 0.25) is 0 Å². The lowest BCUT2D eigenvalue weighted by atomic mass is 10.1. The molecule has 0 radical (unpaired) electrons. The van der Waals surface area contributed by atoms with Crippen molar-refractivity contribution in [2.75, 3.05) is 0 Å². The van der Waals surface area contributed by atoms with Gasteiger partial charge in [0, 0.05) is 12.2 Å². The number of rotatable bonds is 8. The Balaban J connectivity index is 3.14. The summed E-state index contributed by atoms with van der Waals surface area (Å²) in [6, 6.07) is 0. The van der Waals surface area contributed by atoms with Crippen molar-refractivity contribution in [3.8, 4) is 0 Å². The van der Waals surface area contributed by atoms with Gasteiger partial charge in [-0.15, -0.1) is 0 Å². The van der Waals surface area contributed by atoms with Crippen molar-refractivity contribution >= 4 is 16.9 Å². The van der Waals surface area contributed by atoms with Gasteiger partial charge in [0.25, 0.3) is 0 Å². The molecule has 0 aromatic rings. The van der Waals surface area contributed by atoms with Gasteiger partial charge < -0.3 is 0 Å². The standard InChI is InChI=1S/C12H24OS/c1-4-5-6-7-8-9-10-11(2)14-12(3)13/h11H,4-10H2,1-3H3. The SMILES string of the molecule is CCCCCCCCC(C)SC(C)=O. The lowest BCUT2D eigenvalue weighted by Gasteiger charge is -2.07. The first-order valence-electron chi connectivity index (χ1n) is 5.84. The van der Waals surface area contributed by atoms with Crippen molar-refractivity contribution in [3.63, 3.8) is 0 Å². The van der Waals surface area contributed by atoms with Crippen LogP contribution in [0, 0.1) is 0 Å². The summed E-state index contributed by atoms with van der Waals surface area (Å²) < 4.78 is 0. The first-order chi connectivity index (χ1) is 6.66. The van der Waals surface area contributed by atoms with Gasteiger partial charge in [-0.1, -0.05) is 64.1 Å². The molecule has 84 valence electrons. The van der Waals surface area contributed by atoms with E-state index in [2.05, 4.69) is 13.8 Å². The summed E-state index contributed by atoms with van der Waals surface area (Å²) in [6.07, 6.45) is 9.24. The van der Waals surface area contributed by atoms with E-state index in [0.717, 1.165) is 0 Å². The molecular formula is C12H24OS. The van der Waals surface area contributed by atoms with Crippen LogP contribution in [0.4, 0.5) is 0 Å². The van der Waals surface area contributed by atoms with Crippen molar-refractivity contribution in [2.24, 2.45) is 0 Å². The smallest absolute Gasteiger partial charge is 0.186 e. The Morgan fingerprint density at radius 1 is 1.14 bits per heavy atom. The van der Waals surface area contributed by atoms with Gasteiger partial charge in [-0.2, -0.15) is 0 Å².